The topological polar surface area (TPSA) is 78.9 Å². The summed E-state index contributed by atoms with van der Waals surface area (Å²) in [7, 11) is 0. The van der Waals surface area contributed by atoms with E-state index >= 15 is 0 Å². The summed E-state index contributed by atoms with van der Waals surface area (Å²) in [6, 6.07) is 0. The number of esters is 3. The molecule has 0 saturated heterocycles. The Morgan fingerprint density at radius 1 is 0.290 bits per heavy atom. The molecule has 392 valence electrons. The zero-order valence-electron chi connectivity index (χ0n) is 44.8. The predicted octanol–water partition coefficient (Wildman–Crippen LogP) is 19.1. The van der Waals surface area contributed by atoms with E-state index in [2.05, 4.69) is 130 Å². The highest BCUT2D eigenvalue weighted by molar-refractivity contribution is 5.71. The highest BCUT2D eigenvalue weighted by Crippen LogP contribution is 2.13. The van der Waals surface area contributed by atoms with Gasteiger partial charge >= 0.3 is 17.9 Å². The van der Waals surface area contributed by atoms with Crippen LogP contribution in [0.5, 0.6) is 0 Å². The molecule has 0 radical (unpaired) electrons. The molecule has 69 heavy (non-hydrogen) atoms. The first-order valence-electron chi connectivity index (χ1n) is 28.4. The molecule has 1 atom stereocenters. The fourth-order valence-corrected chi connectivity index (χ4v) is 7.40. The van der Waals surface area contributed by atoms with Gasteiger partial charge < -0.3 is 14.2 Å². The minimum atomic E-state index is -0.814. The van der Waals surface area contributed by atoms with E-state index in [1.54, 1.807) is 0 Å². The Balaban J connectivity index is 4.53. The molecule has 0 rings (SSSR count). The first kappa shape index (κ1) is 65.1. The van der Waals surface area contributed by atoms with Gasteiger partial charge in [-0.3, -0.25) is 14.4 Å². The number of unbranched alkanes of at least 4 members (excludes halogenated alkanes) is 21. The largest absolute Gasteiger partial charge is 0.462 e. The monoisotopic (exact) mass is 957 g/mol. The zero-order chi connectivity index (χ0) is 50.0. The van der Waals surface area contributed by atoms with Gasteiger partial charge in [-0.25, -0.2) is 0 Å². The van der Waals surface area contributed by atoms with Crippen molar-refractivity contribution in [2.75, 3.05) is 13.2 Å². The molecule has 0 aromatic carbocycles. The van der Waals surface area contributed by atoms with E-state index in [-0.39, 0.29) is 31.1 Å². The SMILES string of the molecule is CCCCC/C=C\C/C=C\C/C=C\C/C=C\CCCCCC(=O)OC[C@H](COC(=O)CCCC/C=C\C/C=C\C/C=C\CCCCC)OC(=O)CCCCCCCCC/C=C\C/C=C\CCCCC. The number of carbonyl (C=O) groups excluding carboxylic acids is 3. The van der Waals surface area contributed by atoms with Crippen molar-refractivity contribution in [3.63, 3.8) is 0 Å². The average molecular weight is 958 g/mol. The Hall–Kier alpha value is -3.93. The Kier molecular flexibility index (Phi) is 53.4. The van der Waals surface area contributed by atoms with Crippen LogP contribution in [0, 0.1) is 0 Å². The van der Waals surface area contributed by atoms with E-state index in [1.807, 2.05) is 0 Å². The summed E-state index contributed by atoms with van der Waals surface area (Å²) < 4.78 is 16.8. The van der Waals surface area contributed by atoms with Crippen molar-refractivity contribution in [2.24, 2.45) is 0 Å². The molecule has 0 heterocycles. The molecule has 0 aromatic rings. The molecule has 0 aliphatic rings. The summed E-state index contributed by atoms with van der Waals surface area (Å²) in [5, 5.41) is 0. The lowest BCUT2D eigenvalue weighted by molar-refractivity contribution is -0.167. The van der Waals surface area contributed by atoms with Crippen LogP contribution in [0.4, 0.5) is 0 Å². The van der Waals surface area contributed by atoms with Crippen LogP contribution in [0.1, 0.15) is 252 Å². The molecule has 0 aromatic heterocycles. The van der Waals surface area contributed by atoms with Crippen LogP contribution in [-0.4, -0.2) is 37.2 Å². The third-order valence-electron chi connectivity index (χ3n) is 11.7. The minimum Gasteiger partial charge on any atom is -0.462 e. The van der Waals surface area contributed by atoms with Gasteiger partial charge in [-0.2, -0.15) is 0 Å². The van der Waals surface area contributed by atoms with Crippen molar-refractivity contribution in [3.05, 3.63) is 109 Å². The number of carbonyl (C=O) groups is 3. The molecule has 0 unspecified atom stereocenters. The Morgan fingerprint density at radius 3 is 0.855 bits per heavy atom. The molecule has 0 aliphatic carbocycles. The molecular formula is C63H104O6. The third-order valence-corrected chi connectivity index (χ3v) is 11.7. The van der Waals surface area contributed by atoms with Crippen molar-refractivity contribution < 1.29 is 28.6 Å². The van der Waals surface area contributed by atoms with Crippen molar-refractivity contribution >= 4 is 17.9 Å². The second-order valence-corrected chi connectivity index (χ2v) is 18.5. The van der Waals surface area contributed by atoms with E-state index < -0.39 is 6.10 Å². The van der Waals surface area contributed by atoms with Crippen LogP contribution in [0.3, 0.4) is 0 Å². The Bertz CT molecular complexity index is 1420. The standard InChI is InChI=1S/C63H104O6/c1-4-7-10-13-16-19-22-25-28-30-31-33-35-38-41-44-47-50-53-56-62(65)68-59-60(58-67-61(64)55-52-49-46-43-40-37-34-27-24-21-18-15-12-9-6-3)69-63(66)57-54-51-48-45-42-39-36-32-29-26-23-20-17-14-11-8-5-2/h16-21,25-29,31,33-34,38,40-41,43,60H,4-15,22-24,30,32,35-37,39,42,44-59H2,1-3H3/b19-16-,20-17-,21-18-,28-25-,29-26-,33-31-,34-27-,41-38-,43-40-/t60-/m0/s1. The van der Waals surface area contributed by atoms with Gasteiger partial charge in [-0.15, -0.1) is 0 Å². The van der Waals surface area contributed by atoms with Crippen LogP contribution in [-0.2, 0) is 28.6 Å². The lowest BCUT2D eigenvalue weighted by atomic mass is 10.1. The van der Waals surface area contributed by atoms with Gasteiger partial charge in [-0.1, -0.05) is 207 Å². The first-order valence-corrected chi connectivity index (χ1v) is 28.4. The third kappa shape index (κ3) is 54.9. The lowest BCUT2D eigenvalue weighted by Crippen LogP contribution is -2.30. The Labute approximate surface area is 425 Å². The summed E-state index contributed by atoms with van der Waals surface area (Å²) in [5.74, 6) is -0.987. The van der Waals surface area contributed by atoms with Gasteiger partial charge in [0.2, 0.25) is 0 Å². The molecule has 0 saturated carbocycles. The molecule has 6 heteroatoms. The number of hydrogen-bond donors (Lipinski definition) is 0. The molecular weight excluding hydrogens is 853 g/mol. The highest BCUT2D eigenvalue weighted by Gasteiger charge is 2.19. The maximum atomic E-state index is 12.9. The maximum Gasteiger partial charge on any atom is 0.306 e. The summed E-state index contributed by atoms with van der Waals surface area (Å²) in [4.78, 5) is 38.1. The predicted molar refractivity (Wildman–Crippen MR) is 297 cm³/mol. The number of allylic oxidation sites excluding steroid dienone is 18. The first-order chi connectivity index (χ1) is 34.0. The van der Waals surface area contributed by atoms with E-state index in [0.717, 1.165) is 109 Å². The molecule has 0 bridgehead atoms. The van der Waals surface area contributed by atoms with Gasteiger partial charge in [0.25, 0.3) is 0 Å². The van der Waals surface area contributed by atoms with Crippen LogP contribution in [0.2, 0.25) is 0 Å². The van der Waals surface area contributed by atoms with Gasteiger partial charge in [-0.05, 0) is 135 Å². The van der Waals surface area contributed by atoms with Crippen LogP contribution in [0.15, 0.2) is 109 Å². The number of ether oxygens (including phenoxy) is 3. The van der Waals surface area contributed by atoms with Crippen molar-refractivity contribution in [1.29, 1.82) is 0 Å². The normalized spacial score (nSPS) is 12.9. The van der Waals surface area contributed by atoms with Crippen LogP contribution in [0.25, 0.3) is 0 Å². The summed E-state index contributed by atoms with van der Waals surface area (Å²) >= 11 is 0. The van der Waals surface area contributed by atoms with Gasteiger partial charge in [0, 0.05) is 19.3 Å². The van der Waals surface area contributed by atoms with Crippen molar-refractivity contribution in [2.45, 2.75) is 258 Å². The summed E-state index contributed by atoms with van der Waals surface area (Å²) in [6.07, 6.45) is 76.4. The number of hydrogen-bond acceptors (Lipinski definition) is 6. The molecule has 0 aliphatic heterocycles. The van der Waals surface area contributed by atoms with Crippen LogP contribution >= 0.6 is 0 Å². The average Bonchev–Trinajstić information content (AvgIpc) is 3.35. The highest BCUT2D eigenvalue weighted by atomic mass is 16.6. The summed E-state index contributed by atoms with van der Waals surface area (Å²) in [6.45, 7) is 6.49. The van der Waals surface area contributed by atoms with Gasteiger partial charge in [0.05, 0.1) is 0 Å². The van der Waals surface area contributed by atoms with E-state index in [0.29, 0.717) is 19.3 Å². The molecule has 0 N–H and O–H groups in total. The number of rotatable bonds is 50. The Morgan fingerprint density at radius 2 is 0.522 bits per heavy atom. The molecule has 0 spiro atoms. The van der Waals surface area contributed by atoms with E-state index in [1.165, 1.54) is 103 Å². The fourth-order valence-electron chi connectivity index (χ4n) is 7.40. The van der Waals surface area contributed by atoms with E-state index in [4.69, 9.17) is 14.2 Å². The van der Waals surface area contributed by atoms with E-state index in [9.17, 15) is 14.4 Å². The van der Waals surface area contributed by atoms with Crippen LogP contribution < -0.4 is 0 Å². The zero-order valence-corrected chi connectivity index (χ0v) is 44.8. The van der Waals surface area contributed by atoms with Gasteiger partial charge in [0.15, 0.2) is 6.10 Å². The molecule has 0 fully saturated rings. The summed E-state index contributed by atoms with van der Waals surface area (Å²) in [5.41, 5.74) is 0. The quantitative estimate of drug-likeness (QED) is 0.0262. The maximum absolute atomic E-state index is 12.9. The van der Waals surface area contributed by atoms with Crippen molar-refractivity contribution in [3.8, 4) is 0 Å². The van der Waals surface area contributed by atoms with Gasteiger partial charge in [0.1, 0.15) is 13.2 Å². The lowest BCUT2D eigenvalue weighted by Gasteiger charge is -2.18. The smallest absolute Gasteiger partial charge is 0.306 e. The molecule has 0 amide bonds. The second kappa shape index (κ2) is 56.7. The second-order valence-electron chi connectivity index (χ2n) is 18.5. The fraction of sp³-hybridized carbons (Fsp3) is 0.667. The molecule has 6 nitrogen and oxygen atoms in total. The van der Waals surface area contributed by atoms with Crippen molar-refractivity contribution in [1.82, 2.24) is 0 Å². The minimum absolute atomic E-state index is 0.112.